The van der Waals surface area contributed by atoms with Crippen LogP contribution in [-0.4, -0.2) is 31.5 Å². The smallest absolute Gasteiger partial charge is 0.101 e. The Morgan fingerprint density at radius 3 is 2.94 bits per heavy atom. The van der Waals surface area contributed by atoms with E-state index in [1.165, 1.54) is 7.11 Å². The van der Waals surface area contributed by atoms with Gasteiger partial charge in [0.1, 0.15) is 6.07 Å². The summed E-state index contributed by atoms with van der Waals surface area (Å²) in [7, 11) is 1.54. The van der Waals surface area contributed by atoms with Crippen LogP contribution in [0.3, 0.4) is 0 Å². The van der Waals surface area contributed by atoms with Crippen LogP contribution in [0, 0.1) is 18.3 Å². The maximum absolute atomic E-state index is 9.49. The van der Waals surface area contributed by atoms with Gasteiger partial charge in [0.2, 0.25) is 0 Å². The lowest BCUT2D eigenvalue weighted by Crippen LogP contribution is -2.24. The number of hydrogen-bond acceptors (Lipinski definition) is 4. The summed E-state index contributed by atoms with van der Waals surface area (Å²) >= 11 is 0. The van der Waals surface area contributed by atoms with Crippen molar-refractivity contribution in [3.05, 3.63) is 29.3 Å². The predicted octanol–water partition coefficient (Wildman–Crippen LogP) is 1.29. The van der Waals surface area contributed by atoms with Gasteiger partial charge in [0, 0.05) is 13.7 Å². The van der Waals surface area contributed by atoms with Crippen LogP contribution in [0.2, 0.25) is 0 Å². The van der Waals surface area contributed by atoms with Gasteiger partial charge in [0.05, 0.1) is 24.0 Å². The molecule has 0 aliphatic carbocycles. The van der Waals surface area contributed by atoms with Gasteiger partial charge in [-0.05, 0) is 18.6 Å². The highest BCUT2D eigenvalue weighted by Crippen LogP contribution is 2.19. The van der Waals surface area contributed by atoms with E-state index in [-0.39, 0.29) is 6.61 Å². The average molecular weight is 220 g/mol. The van der Waals surface area contributed by atoms with Crippen LogP contribution in [0.1, 0.15) is 11.1 Å². The molecule has 4 nitrogen and oxygen atoms in total. The van der Waals surface area contributed by atoms with E-state index in [4.69, 9.17) is 10.00 Å². The Kier molecular flexibility index (Phi) is 4.77. The fourth-order valence-corrected chi connectivity index (χ4v) is 1.47. The number of benzene rings is 1. The molecular weight excluding hydrogens is 204 g/mol. The van der Waals surface area contributed by atoms with Crippen LogP contribution < -0.4 is 5.32 Å². The molecule has 2 N–H and O–H groups in total. The quantitative estimate of drug-likeness (QED) is 0.784. The van der Waals surface area contributed by atoms with Crippen molar-refractivity contribution in [3.63, 3.8) is 0 Å². The van der Waals surface area contributed by atoms with E-state index in [0.29, 0.717) is 12.1 Å². The van der Waals surface area contributed by atoms with Crippen molar-refractivity contribution in [2.45, 2.75) is 13.0 Å². The summed E-state index contributed by atoms with van der Waals surface area (Å²) in [5, 5.41) is 21.5. The van der Waals surface area contributed by atoms with Crippen molar-refractivity contribution in [2.24, 2.45) is 0 Å². The molecule has 1 atom stereocenters. The van der Waals surface area contributed by atoms with Crippen LogP contribution in [-0.2, 0) is 4.74 Å². The van der Waals surface area contributed by atoms with Gasteiger partial charge in [-0.15, -0.1) is 0 Å². The Bertz CT molecular complexity index is 385. The maximum Gasteiger partial charge on any atom is 0.101 e. The molecule has 0 radical (unpaired) electrons. The van der Waals surface area contributed by atoms with E-state index in [0.717, 1.165) is 11.3 Å². The number of nitriles is 1. The van der Waals surface area contributed by atoms with Crippen LogP contribution in [0.4, 0.5) is 5.69 Å². The van der Waals surface area contributed by atoms with E-state index in [1.54, 1.807) is 6.07 Å². The SMILES string of the molecule is COCC(O)CNc1c(C)cccc1C#N. The summed E-state index contributed by atoms with van der Waals surface area (Å²) in [6, 6.07) is 7.63. The minimum atomic E-state index is -0.573. The van der Waals surface area contributed by atoms with Crippen LogP contribution in [0.5, 0.6) is 0 Å². The zero-order valence-electron chi connectivity index (χ0n) is 9.53. The summed E-state index contributed by atoms with van der Waals surface area (Å²) in [5.41, 5.74) is 2.36. The monoisotopic (exact) mass is 220 g/mol. The topological polar surface area (TPSA) is 65.3 Å². The van der Waals surface area contributed by atoms with Gasteiger partial charge in [-0.2, -0.15) is 5.26 Å². The largest absolute Gasteiger partial charge is 0.389 e. The van der Waals surface area contributed by atoms with Crippen LogP contribution in [0.15, 0.2) is 18.2 Å². The number of rotatable bonds is 5. The number of ether oxygens (including phenoxy) is 1. The molecule has 1 aromatic rings. The lowest BCUT2D eigenvalue weighted by molar-refractivity contribution is 0.0727. The highest BCUT2D eigenvalue weighted by molar-refractivity contribution is 5.62. The number of aryl methyl sites for hydroxylation is 1. The standard InChI is InChI=1S/C12H16N2O2/c1-9-4-3-5-10(6-13)12(9)14-7-11(15)8-16-2/h3-5,11,14-15H,7-8H2,1-2H3. The van der Waals surface area contributed by atoms with Crippen molar-refractivity contribution in [1.82, 2.24) is 0 Å². The third kappa shape index (κ3) is 3.23. The molecule has 1 unspecified atom stereocenters. The molecule has 0 fully saturated rings. The van der Waals surface area contributed by atoms with Gasteiger partial charge < -0.3 is 15.2 Å². The van der Waals surface area contributed by atoms with E-state index in [2.05, 4.69) is 11.4 Å². The van der Waals surface area contributed by atoms with E-state index in [1.807, 2.05) is 19.1 Å². The normalized spacial score (nSPS) is 11.9. The lowest BCUT2D eigenvalue weighted by Gasteiger charge is -2.14. The summed E-state index contributed by atoms with van der Waals surface area (Å²) in [5.74, 6) is 0. The number of methoxy groups -OCH3 is 1. The molecule has 0 spiro atoms. The summed E-state index contributed by atoms with van der Waals surface area (Å²) in [4.78, 5) is 0. The predicted molar refractivity (Wildman–Crippen MR) is 62.3 cm³/mol. The van der Waals surface area contributed by atoms with Crippen molar-refractivity contribution < 1.29 is 9.84 Å². The number of anilines is 1. The molecule has 1 rings (SSSR count). The molecule has 0 bridgehead atoms. The highest BCUT2D eigenvalue weighted by Gasteiger charge is 2.07. The minimum Gasteiger partial charge on any atom is -0.389 e. The molecule has 0 heterocycles. The molecule has 0 aliphatic heterocycles. The first-order valence-electron chi connectivity index (χ1n) is 5.09. The number of nitrogens with zero attached hydrogens (tertiary/aromatic N) is 1. The van der Waals surface area contributed by atoms with Gasteiger partial charge in [-0.25, -0.2) is 0 Å². The molecule has 4 heteroatoms. The molecule has 0 aromatic heterocycles. The molecular formula is C12H16N2O2. The Balaban J connectivity index is 2.70. The molecule has 16 heavy (non-hydrogen) atoms. The fraction of sp³-hybridized carbons (Fsp3) is 0.417. The molecule has 86 valence electrons. The van der Waals surface area contributed by atoms with Gasteiger partial charge in [0.15, 0.2) is 0 Å². The van der Waals surface area contributed by atoms with E-state index < -0.39 is 6.10 Å². The van der Waals surface area contributed by atoms with Gasteiger partial charge >= 0.3 is 0 Å². The van der Waals surface area contributed by atoms with E-state index >= 15 is 0 Å². The molecule has 0 saturated carbocycles. The Morgan fingerprint density at radius 1 is 1.56 bits per heavy atom. The second-order valence-corrected chi connectivity index (χ2v) is 3.60. The Hall–Kier alpha value is -1.57. The number of aliphatic hydroxyl groups excluding tert-OH is 1. The third-order valence-electron chi connectivity index (χ3n) is 2.27. The summed E-state index contributed by atoms with van der Waals surface area (Å²) in [6.45, 7) is 2.57. The zero-order valence-corrected chi connectivity index (χ0v) is 9.53. The second kappa shape index (κ2) is 6.11. The zero-order chi connectivity index (χ0) is 12.0. The molecule has 0 amide bonds. The fourth-order valence-electron chi connectivity index (χ4n) is 1.47. The summed E-state index contributed by atoms with van der Waals surface area (Å²) in [6.07, 6.45) is -0.573. The van der Waals surface area contributed by atoms with E-state index in [9.17, 15) is 5.11 Å². The van der Waals surface area contributed by atoms with Crippen molar-refractivity contribution in [3.8, 4) is 6.07 Å². The van der Waals surface area contributed by atoms with Crippen molar-refractivity contribution in [1.29, 1.82) is 5.26 Å². The minimum absolute atomic E-state index is 0.279. The molecule has 0 saturated heterocycles. The summed E-state index contributed by atoms with van der Waals surface area (Å²) < 4.78 is 4.82. The van der Waals surface area contributed by atoms with Crippen molar-refractivity contribution in [2.75, 3.05) is 25.6 Å². The van der Waals surface area contributed by atoms with Crippen molar-refractivity contribution >= 4 is 5.69 Å². The molecule has 0 aliphatic rings. The number of para-hydroxylation sites is 1. The average Bonchev–Trinajstić information content (AvgIpc) is 2.27. The number of aliphatic hydroxyl groups is 1. The van der Waals surface area contributed by atoms with Gasteiger partial charge in [-0.1, -0.05) is 12.1 Å². The first-order chi connectivity index (χ1) is 7.69. The highest BCUT2D eigenvalue weighted by atomic mass is 16.5. The number of nitrogens with one attached hydrogen (secondary N) is 1. The van der Waals surface area contributed by atoms with Gasteiger partial charge in [-0.3, -0.25) is 0 Å². The maximum atomic E-state index is 9.49. The Morgan fingerprint density at radius 2 is 2.31 bits per heavy atom. The second-order valence-electron chi connectivity index (χ2n) is 3.60. The first-order valence-corrected chi connectivity index (χ1v) is 5.09. The molecule has 1 aromatic carbocycles. The lowest BCUT2D eigenvalue weighted by atomic mass is 10.1. The van der Waals surface area contributed by atoms with Gasteiger partial charge in [0.25, 0.3) is 0 Å². The first kappa shape index (κ1) is 12.5. The third-order valence-corrected chi connectivity index (χ3v) is 2.27. The Labute approximate surface area is 95.5 Å². The number of hydrogen-bond donors (Lipinski definition) is 2. The van der Waals surface area contributed by atoms with Crippen LogP contribution >= 0.6 is 0 Å². The van der Waals surface area contributed by atoms with Crippen LogP contribution in [0.25, 0.3) is 0 Å².